The number of methoxy groups -OCH3 is 1. The molecule has 25 rings (SSSR count). The molecule has 34 nitrogen and oxygen atoms in total. The van der Waals surface area contributed by atoms with Crippen LogP contribution in [-0.2, 0) is 0 Å². The van der Waals surface area contributed by atoms with E-state index in [2.05, 4.69) is 112 Å². The van der Waals surface area contributed by atoms with E-state index in [4.69, 9.17) is 16.2 Å². The molecule has 0 spiro atoms. The summed E-state index contributed by atoms with van der Waals surface area (Å²) < 4.78 is 91.0. The van der Waals surface area contributed by atoms with Gasteiger partial charge in [0.2, 0.25) is 0 Å². The molecule has 3 atom stereocenters. The number of likely N-dealkylation sites (N-methyl/N-ethyl adjacent to an activating group) is 2. The molecule has 0 amide bonds. The zero-order valence-electron chi connectivity index (χ0n) is 82.9. The average Bonchev–Trinajstić information content (AvgIpc) is 1.76. The summed E-state index contributed by atoms with van der Waals surface area (Å²) in [7, 11) is 9.80. The average molecular weight is 1990 g/mol. The molecule has 0 unspecified atom stereocenters. The fraction of sp³-hybridized carbons (Fsp3) is 0.315. The van der Waals surface area contributed by atoms with Gasteiger partial charge in [0.05, 0.1) is 75.4 Å². The van der Waals surface area contributed by atoms with Crippen LogP contribution in [0.2, 0.25) is 0 Å². The number of pyridine rings is 9. The van der Waals surface area contributed by atoms with Gasteiger partial charge in [-0.2, -0.15) is 0 Å². The van der Waals surface area contributed by atoms with Crippen molar-refractivity contribution in [2.24, 2.45) is 11.5 Å². The van der Waals surface area contributed by atoms with Crippen LogP contribution in [0.4, 0.5) is 50.5 Å². The zero-order valence-corrected chi connectivity index (χ0v) is 82.9. The Morgan fingerprint density at radius 3 is 1.00 bits per heavy atom. The number of halogens is 5. The predicted octanol–water partition coefficient (Wildman–Crippen LogP) is 12.8. The molecule has 147 heavy (non-hydrogen) atoms. The Morgan fingerprint density at radius 2 is 0.633 bits per heavy atom. The summed E-state index contributed by atoms with van der Waals surface area (Å²) in [5.41, 5.74) is 27.0. The van der Waals surface area contributed by atoms with Crippen molar-refractivity contribution in [1.29, 1.82) is 0 Å². The number of hydrogen-bond acceptors (Lipinski definition) is 25. The van der Waals surface area contributed by atoms with E-state index in [0.29, 0.717) is 103 Å². The number of nitrogens with two attached hydrogens (primary N) is 2. The van der Waals surface area contributed by atoms with Gasteiger partial charge in [-0.25, -0.2) is 66.8 Å². The maximum absolute atomic E-state index is 14.5. The van der Waals surface area contributed by atoms with Crippen LogP contribution in [0.1, 0.15) is 74.1 Å². The number of piperazine rings is 1. The molecule has 6 aliphatic rings. The number of aryl methyl sites for hydroxylation is 4. The summed E-state index contributed by atoms with van der Waals surface area (Å²) in [6, 6.07) is 38.6. The minimum Gasteiger partial charge on any atom is -0.494 e. The molecule has 1 aromatic carbocycles. The van der Waals surface area contributed by atoms with Crippen molar-refractivity contribution in [3.63, 3.8) is 0 Å². The number of imidazole rings is 4. The third-order valence-electron chi connectivity index (χ3n) is 28.6. The second-order valence-corrected chi connectivity index (χ2v) is 39.2. The van der Waals surface area contributed by atoms with Crippen LogP contribution in [0.25, 0.3) is 107 Å². The molecule has 0 saturated carbocycles. The van der Waals surface area contributed by atoms with Crippen LogP contribution >= 0.6 is 0 Å². The number of benzene rings is 1. The summed E-state index contributed by atoms with van der Waals surface area (Å²) in [6.45, 7) is 18.6. The Morgan fingerprint density at radius 1 is 0.306 bits per heavy atom. The molecule has 39 heteroatoms. The largest absolute Gasteiger partial charge is 0.494 e. The molecule has 6 saturated heterocycles. The molecule has 754 valence electrons. The Labute approximate surface area is 839 Å². The van der Waals surface area contributed by atoms with Gasteiger partial charge in [0.15, 0.2) is 57.4 Å². The van der Waals surface area contributed by atoms with Gasteiger partial charge in [-0.05, 0) is 222 Å². The second kappa shape index (κ2) is 40.2. The van der Waals surface area contributed by atoms with E-state index in [1.807, 2.05) is 100 Å². The van der Waals surface area contributed by atoms with E-state index in [9.17, 15) is 45.9 Å². The number of anilines is 5. The molecule has 18 aromatic heterocycles. The van der Waals surface area contributed by atoms with Gasteiger partial charge in [0.25, 0.3) is 27.8 Å². The van der Waals surface area contributed by atoms with Crippen molar-refractivity contribution < 1.29 is 26.7 Å². The number of ether oxygens (including phenoxy) is 1. The number of rotatable bonds is 13. The molecule has 6 fully saturated rings. The van der Waals surface area contributed by atoms with Crippen molar-refractivity contribution in [3.05, 3.63) is 318 Å². The highest BCUT2D eigenvalue weighted by Gasteiger charge is 2.33. The monoisotopic (exact) mass is 1990 g/mol. The molecular formula is C108H111F5N28O6. The van der Waals surface area contributed by atoms with Crippen LogP contribution < -0.4 is 68.5 Å². The number of nitrogens with zero attached hydrogens (tertiary/aromatic N) is 26. The number of fused-ring (bicyclic) bond motifs is 10. The molecule has 19 aromatic rings. The topological polar surface area (TPSA) is 328 Å². The highest BCUT2D eigenvalue weighted by Crippen LogP contribution is 2.34. The smallest absolute Gasteiger partial charge is 0.259 e. The number of hydrogen-bond donors (Lipinski definition) is 2. The van der Waals surface area contributed by atoms with Crippen molar-refractivity contribution in [2.45, 2.75) is 109 Å². The van der Waals surface area contributed by atoms with Crippen LogP contribution in [0.5, 0.6) is 5.75 Å². The third kappa shape index (κ3) is 20.2. The first-order valence-electron chi connectivity index (χ1n) is 49.3. The second-order valence-electron chi connectivity index (χ2n) is 39.2. The highest BCUT2D eigenvalue weighted by molar-refractivity contribution is 5.71. The third-order valence-corrected chi connectivity index (χ3v) is 28.6. The maximum atomic E-state index is 14.5. The predicted molar refractivity (Wildman–Crippen MR) is 559 cm³/mol. The maximum Gasteiger partial charge on any atom is 0.259 e. The first-order chi connectivity index (χ1) is 70.8. The fourth-order valence-electron chi connectivity index (χ4n) is 20.6. The molecule has 0 radical (unpaired) electrons. The first-order valence-corrected chi connectivity index (χ1v) is 49.3. The quantitative estimate of drug-likeness (QED) is 0.101. The van der Waals surface area contributed by atoms with Gasteiger partial charge in [0, 0.05) is 235 Å². The van der Waals surface area contributed by atoms with Gasteiger partial charge >= 0.3 is 0 Å². The molecular weight excluding hydrogens is 1880 g/mol. The van der Waals surface area contributed by atoms with Crippen LogP contribution in [0.15, 0.2) is 238 Å². The van der Waals surface area contributed by atoms with E-state index >= 15 is 0 Å². The molecule has 6 aliphatic heterocycles. The van der Waals surface area contributed by atoms with E-state index in [1.54, 1.807) is 118 Å². The van der Waals surface area contributed by atoms with Crippen molar-refractivity contribution in [3.8, 4) is 61.9 Å². The Balaban J connectivity index is 0.000000108. The lowest BCUT2D eigenvalue weighted by Gasteiger charge is -2.38. The molecule has 24 heterocycles. The van der Waals surface area contributed by atoms with E-state index in [-0.39, 0.29) is 68.2 Å². The van der Waals surface area contributed by atoms with E-state index in [0.717, 1.165) is 162 Å². The first kappa shape index (κ1) is 97.1. The Kier molecular flexibility index (Phi) is 26.6. The lowest BCUT2D eigenvalue weighted by molar-refractivity contribution is 0.231. The molecule has 4 N–H and O–H groups in total. The fourth-order valence-corrected chi connectivity index (χ4v) is 20.6. The SMILES string of the molecule is COc1ccc(-c2ccc3nc(N4CCC(N)CC4)cc(=O)n3c2)cc1F.Cc1cn2cc(-c3cc(=O)n4cc(N5CCC(N)CC5)ccc4n3)cc(F)c2n1.Cc1cn2cc(-c3cc(=O)n4cc(N5CCN6CCC[C@@H]6C5)ccc4n3)cc(F)c2n1.Cc1cn2cc(-c3cc(=O)n4cc(N5CC[C@@H](N(C)C)C5)ccc4n3)cc(F)c2n1.Cc1cn2cc(-c3cc(=O)n4cc(N5CC[C@H](N(C)C)C5)ccc4n3)cc(F)c2n1. The van der Waals surface area contributed by atoms with Gasteiger partial charge in [-0.15, -0.1) is 0 Å². The van der Waals surface area contributed by atoms with Gasteiger partial charge in [-0.3, -0.25) is 50.9 Å². The molecule has 0 bridgehead atoms. The lowest BCUT2D eigenvalue weighted by atomic mass is 10.1. The normalized spacial score (nSPS) is 16.9. The van der Waals surface area contributed by atoms with Crippen LogP contribution in [-0.4, -0.2) is 243 Å². The van der Waals surface area contributed by atoms with Crippen molar-refractivity contribution in [1.82, 2.24) is 99.2 Å². The van der Waals surface area contributed by atoms with Gasteiger partial charge in [0.1, 0.15) is 34.1 Å². The van der Waals surface area contributed by atoms with Crippen molar-refractivity contribution in [2.75, 3.05) is 138 Å². The zero-order chi connectivity index (χ0) is 102. The summed E-state index contributed by atoms with van der Waals surface area (Å²) in [6.07, 6.45) is 31.4. The minimum atomic E-state index is -0.448. The van der Waals surface area contributed by atoms with E-state index in [1.165, 1.54) is 89.9 Å². The number of piperidine rings is 2. The van der Waals surface area contributed by atoms with E-state index < -0.39 is 29.1 Å². The Bertz CT molecular complexity index is 8450. The van der Waals surface area contributed by atoms with Gasteiger partial charge < -0.3 is 68.1 Å². The summed E-state index contributed by atoms with van der Waals surface area (Å²) >= 11 is 0. The lowest BCUT2D eigenvalue weighted by Crippen LogP contribution is -2.50. The minimum absolute atomic E-state index is 0.166. The highest BCUT2D eigenvalue weighted by atomic mass is 19.1. The van der Waals surface area contributed by atoms with Gasteiger partial charge in [-0.1, -0.05) is 6.07 Å². The van der Waals surface area contributed by atoms with Crippen LogP contribution in [0, 0.1) is 56.8 Å². The Hall–Kier alpha value is -16.0. The standard InChI is InChI=1S/C23H23FN6O.2C22H23FN6O.C21H21FN6O.C20H21FN4O2/c1-15-11-29-12-16(9-19(24)23(29)25-15)20-10-22(31)30-14-18(4-5-21(30)26-20)28-8-7-27-6-2-3-17(27)13-28;2*1-14-10-28-11-15(8-18(23)22(28)24-14)19-9-21(30)29-13-17(4-5-20(29)25-19)27-7-6-16(12-27)26(2)3;1-13-10-27-11-14(8-17(22)21(27)24-13)18-9-20(29)28-12-16(2-3-19(28)25-18)26-6-4-15(23)5-7-26;1-27-17-4-2-13(10-16(17)21)14-3-5-18-23-19(11-20(26)25(18)12-14)24-8-6-15(22)7-9-24/h4-5,9-12,14,17H,2-3,6-8,13H2,1H3;2*4-5,8-11,13,16H,6-7,12H2,1-3H3;2-3,8-12,15H,4-7,23H2,1H3;2-5,10-12,15H,6-9,22H2,1H3/t17-;2*16-;;/m110../s1. The summed E-state index contributed by atoms with van der Waals surface area (Å²) in [5.74, 6) is -1.35. The summed E-state index contributed by atoms with van der Waals surface area (Å²) in [4.78, 5) is 122. The number of aromatic nitrogens is 18. The van der Waals surface area contributed by atoms with Crippen LogP contribution in [0.3, 0.4) is 0 Å². The molecule has 0 aliphatic carbocycles. The summed E-state index contributed by atoms with van der Waals surface area (Å²) in [5, 5.41) is 0. The van der Waals surface area contributed by atoms with Crippen molar-refractivity contribution >= 4 is 79.4 Å².